The van der Waals surface area contributed by atoms with Gasteiger partial charge >= 0.3 is 0 Å². The van der Waals surface area contributed by atoms with E-state index in [9.17, 15) is 21.6 Å². The lowest BCUT2D eigenvalue weighted by molar-refractivity contribution is 0.0698. The van der Waals surface area contributed by atoms with Crippen LogP contribution in [0, 0.1) is 0 Å². The molecule has 2 aliphatic heterocycles. The lowest BCUT2D eigenvalue weighted by atomic mass is 10.1. The van der Waals surface area contributed by atoms with Crippen molar-refractivity contribution in [2.24, 2.45) is 0 Å². The molecule has 0 spiro atoms. The number of rotatable bonds is 4. The zero-order valence-corrected chi connectivity index (χ0v) is 19.9. The Kier molecular flexibility index (Phi) is 6.12. The van der Waals surface area contributed by atoms with Crippen molar-refractivity contribution in [2.75, 3.05) is 42.8 Å². The Labute approximate surface area is 190 Å². The normalized spacial score (nSPS) is 19.5. The van der Waals surface area contributed by atoms with Crippen LogP contribution < -0.4 is 4.31 Å². The molecule has 11 heteroatoms. The van der Waals surface area contributed by atoms with E-state index in [1.165, 1.54) is 8.61 Å². The van der Waals surface area contributed by atoms with Crippen molar-refractivity contribution >= 4 is 47.6 Å². The number of piperazine rings is 1. The molecule has 8 nitrogen and oxygen atoms in total. The molecule has 0 aliphatic carbocycles. The molecule has 0 saturated carbocycles. The molecule has 1 amide bonds. The zero-order chi connectivity index (χ0) is 22.2. The van der Waals surface area contributed by atoms with Gasteiger partial charge in [-0.1, -0.05) is 22.0 Å². The van der Waals surface area contributed by atoms with E-state index in [0.29, 0.717) is 28.7 Å². The summed E-state index contributed by atoms with van der Waals surface area (Å²) in [5.41, 5.74) is 1.00. The molecule has 31 heavy (non-hydrogen) atoms. The quantitative estimate of drug-likeness (QED) is 0.606. The molecule has 0 radical (unpaired) electrons. The number of amides is 1. The Morgan fingerprint density at radius 3 is 2.19 bits per heavy atom. The van der Waals surface area contributed by atoms with Gasteiger partial charge in [0.15, 0.2) is 0 Å². The van der Waals surface area contributed by atoms with Crippen molar-refractivity contribution in [3.63, 3.8) is 0 Å². The van der Waals surface area contributed by atoms with E-state index >= 15 is 0 Å². The van der Waals surface area contributed by atoms with E-state index in [1.807, 2.05) is 0 Å². The number of carbonyl (C=O) groups is 1. The van der Waals surface area contributed by atoms with Crippen molar-refractivity contribution in [3.05, 3.63) is 58.6 Å². The van der Waals surface area contributed by atoms with Gasteiger partial charge in [0.25, 0.3) is 5.91 Å². The van der Waals surface area contributed by atoms with Crippen LogP contribution in [0.2, 0.25) is 0 Å². The molecule has 0 N–H and O–H groups in total. The highest BCUT2D eigenvalue weighted by molar-refractivity contribution is 9.10. The maximum Gasteiger partial charge on any atom is 0.253 e. The molecule has 2 aromatic carbocycles. The third-order valence-corrected chi connectivity index (χ3v) is 9.72. The van der Waals surface area contributed by atoms with Gasteiger partial charge in [0.1, 0.15) is 0 Å². The lowest BCUT2D eigenvalue weighted by Crippen LogP contribution is -2.50. The molecular weight excluding hydrogens is 506 g/mol. The minimum Gasteiger partial charge on any atom is -0.336 e. The second-order valence-corrected chi connectivity index (χ2v) is 12.3. The Morgan fingerprint density at radius 1 is 0.935 bits per heavy atom. The van der Waals surface area contributed by atoms with Gasteiger partial charge in [-0.15, -0.1) is 0 Å². The maximum atomic E-state index is 12.9. The van der Waals surface area contributed by atoms with Crippen LogP contribution in [0.15, 0.2) is 57.9 Å². The Balaban J connectivity index is 1.41. The van der Waals surface area contributed by atoms with E-state index in [2.05, 4.69) is 15.9 Å². The van der Waals surface area contributed by atoms with E-state index in [0.717, 1.165) is 0 Å². The Bertz CT molecular complexity index is 1190. The van der Waals surface area contributed by atoms with Gasteiger partial charge in [0, 0.05) is 42.8 Å². The van der Waals surface area contributed by atoms with Gasteiger partial charge in [-0.2, -0.15) is 4.31 Å². The van der Waals surface area contributed by atoms with Gasteiger partial charge in [-0.25, -0.2) is 16.8 Å². The van der Waals surface area contributed by atoms with Crippen molar-refractivity contribution in [2.45, 2.75) is 11.3 Å². The fourth-order valence-electron chi connectivity index (χ4n) is 3.79. The second-order valence-electron chi connectivity index (χ2n) is 7.44. The minimum atomic E-state index is -3.62. The fraction of sp³-hybridized carbons (Fsp3) is 0.350. The summed E-state index contributed by atoms with van der Waals surface area (Å²) in [4.78, 5) is 14.7. The third kappa shape index (κ3) is 4.50. The van der Waals surface area contributed by atoms with Crippen LogP contribution in [0.25, 0.3) is 0 Å². The molecule has 0 unspecified atom stereocenters. The van der Waals surface area contributed by atoms with Gasteiger partial charge in [0.05, 0.1) is 16.3 Å². The molecule has 0 atom stereocenters. The van der Waals surface area contributed by atoms with Crippen LogP contribution in [-0.2, 0) is 20.0 Å². The molecule has 4 rings (SSSR count). The monoisotopic (exact) mass is 527 g/mol. The van der Waals surface area contributed by atoms with Crippen molar-refractivity contribution in [3.8, 4) is 0 Å². The second kappa shape index (κ2) is 8.53. The first-order valence-electron chi connectivity index (χ1n) is 9.84. The number of carbonyl (C=O) groups excluding carboxylic acids is 1. The number of halogens is 1. The van der Waals surface area contributed by atoms with E-state index in [1.54, 1.807) is 53.4 Å². The summed E-state index contributed by atoms with van der Waals surface area (Å²) in [6.07, 6.45) is 0.593. The summed E-state index contributed by atoms with van der Waals surface area (Å²) in [7, 11) is -6.89. The van der Waals surface area contributed by atoms with Gasteiger partial charge in [-0.3, -0.25) is 9.10 Å². The number of benzene rings is 2. The predicted molar refractivity (Wildman–Crippen MR) is 121 cm³/mol. The highest BCUT2D eigenvalue weighted by atomic mass is 79.9. The molecular formula is C20H22BrN3O5S2. The van der Waals surface area contributed by atoms with Gasteiger partial charge < -0.3 is 4.90 Å². The summed E-state index contributed by atoms with van der Waals surface area (Å²) in [6, 6.07) is 13.1. The molecule has 2 saturated heterocycles. The van der Waals surface area contributed by atoms with Crippen molar-refractivity contribution < 1.29 is 21.6 Å². The van der Waals surface area contributed by atoms with E-state index in [-0.39, 0.29) is 42.7 Å². The Morgan fingerprint density at radius 2 is 1.61 bits per heavy atom. The summed E-state index contributed by atoms with van der Waals surface area (Å²) in [5.74, 6) is -0.0591. The molecule has 0 aromatic heterocycles. The highest BCUT2D eigenvalue weighted by Crippen LogP contribution is 2.25. The summed E-state index contributed by atoms with van der Waals surface area (Å²) >= 11 is 3.29. The summed E-state index contributed by atoms with van der Waals surface area (Å²) in [6.45, 7) is 1.45. The summed E-state index contributed by atoms with van der Waals surface area (Å²) in [5, 5.41) is 0. The lowest BCUT2D eigenvalue weighted by Gasteiger charge is -2.34. The fourth-order valence-corrected chi connectivity index (χ4v) is 7.37. The molecule has 2 heterocycles. The van der Waals surface area contributed by atoms with Crippen LogP contribution in [0.5, 0.6) is 0 Å². The molecule has 2 aliphatic rings. The molecule has 0 bridgehead atoms. The standard InChI is InChI=1S/C20H22BrN3O5S2/c21-17-3-1-4-19(15-17)31(28,29)23-12-10-22(11-13-23)20(25)16-5-7-18(8-6-16)24-9-2-14-30(24,26)27/h1,3-8,15H,2,9-14H2. The van der Waals surface area contributed by atoms with Crippen molar-refractivity contribution in [1.29, 1.82) is 0 Å². The first-order valence-corrected chi connectivity index (χ1v) is 13.7. The van der Waals surface area contributed by atoms with E-state index in [4.69, 9.17) is 0 Å². The first kappa shape index (κ1) is 22.3. The third-order valence-electron chi connectivity index (χ3n) is 5.46. The van der Waals surface area contributed by atoms with Gasteiger partial charge in [-0.05, 0) is 48.9 Å². The minimum absolute atomic E-state index is 0.140. The number of nitrogens with zero attached hydrogens (tertiary/aromatic N) is 3. The van der Waals surface area contributed by atoms with Crippen LogP contribution in [0.3, 0.4) is 0 Å². The van der Waals surface area contributed by atoms with Crippen LogP contribution >= 0.6 is 15.9 Å². The van der Waals surface area contributed by atoms with Crippen LogP contribution in [0.1, 0.15) is 16.8 Å². The summed E-state index contributed by atoms with van der Waals surface area (Å²) < 4.78 is 53.3. The zero-order valence-electron chi connectivity index (χ0n) is 16.6. The molecule has 2 fully saturated rings. The number of anilines is 1. The number of sulfonamides is 2. The first-order chi connectivity index (χ1) is 14.7. The highest BCUT2D eigenvalue weighted by Gasteiger charge is 2.31. The smallest absolute Gasteiger partial charge is 0.253 e. The predicted octanol–water partition coefficient (Wildman–Crippen LogP) is 2.14. The number of hydrogen-bond donors (Lipinski definition) is 0. The Hall–Kier alpha value is -1.95. The van der Waals surface area contributed by atoms with Gasteiger partial charge in [0.2, 0.25) is 20.0 Å². The SMILES string of the molecule is O=C(c1ccc(N2CCCS2(=O)=O)cc1)N1CCN(S(=O)(=O)c2cccc(Br)c2)CC1. The van der Waals surface area contributed by atoms with E-state index < -0.39 is 20.0 Å². The van der Waals surface area contributed by atoms with Crippen LogP contribution in [0.4, 0.5) is 5.69 Å². The van der Waals surface area contributed by atoms with Crippen molar-refractivity contribution in [1.82, 2.24) is 9.21 Å². The van der Waals surface area contributed by atoms with Crippen LogP contribution in [-0.4, -0.2) is 70.4 Å². The molecule has 2 aromatic rings. The maximum absolute atomic E-state index is 12.9. The largest absolute Gasteiger partial charge is 0.336 e. The topological polar surface area (TPSA) is 95.1 Å². The number of hydrogen-bond acceptors (Lipinski definition) is 5. The molecule has 166 valence electrons. The average Bonchev–Trinajstić information content (AvgIpc) is 3.12. The average molecular weight is 528 g/mol.